The molecule has 0 aliphatic carbocycles. The van der Waals surface area contributed by atoms with Gasteiger partial charge in [0.1, 0.15) is 11.6 Å². The molecule has 0 aromatic heterocycles. The number of carbonyl (C=O) groups excluding carboxylic acids is 3. The van der Waals surface area contributed by atoms with Crippen LogP contribution in [-0.2, 0) is 10.2 Å². The van der Waals surface area contributed by atoms with Gasteiger partial charge in [-0.3, -0.25) is 14.4 Å². The number of nitrogens with one attached hydrogen (secondary N) is 1. The number of hydrogen-bond acceptors (Lipinski definition) is 3. The van der Waals surface area contributed by atoms with Crippen LogP contribution >= 0.6 is 0 Å². The number of benzene rings is 3. The van der Waals surface area contributed by atoms with Crippen molar-refractivity contribution in [3.05, 3.63) is 100 Å². The Bertz CT molecular complexity index is 1550. The smallest absolute Gasteiger partial charge is 0.257 e. The predicted octanol–water partition coefficient (Wildman–Crippen LogP) is 7.29. The Hall–Kier alpha value is -4.07. The Balaban J connectivity index is 1.43. The number of likely N-dealkylation sites (tertiary alicyclic amines) is 2. The average Bonchev–Trinajstić information content (AvgIpc) is 3.00. The molecule has 0 bridgehead atoms. The van der Waals surface area contributed by atoms with Crippen molar-refractivity contribution in [1.82, 2.24) is 9.80 Å². The number of nitrogens with zero attached hydrogens (tertiary/aromatic N) is 2. The third-order valence-electron chi connectivity index (χ3n) is 9.46. The highest BCUT2D eigenvalue weighted by atomic mass is 19.1. The number of aryl methyl sites for hydroxylation is 2. The van der Waals surface area contributed by atoms with E-state index in [1.165, 1.54) is 12.1 Å². The van der Waals surface area contributed by atoms with Crippen LogP contribution in [0.5, 0.6) is 0 Å². The summed E-state index contributed by atoms with van der Waals surface area (Å²) in [4.78, 5) is 44.8. The van der Waals surface area contributed by atoms with Crippen molar-refractivity contribution >= 4 is 23.4 Å². The maximum Gasteiger partial charge on any atom is 0.257 e. The van der Waals surface area contributed by atoms with E-state index in [0.717, 1.165) is 5.56 Å². The molecule has 5 rings (SSSR count). The van der Waals surface area contributed by atoms with Crippen LogP contribution in [0.15, 0.2) is 60.7 Å². The van der Waals surface area contributed by atoms with Crippen LogP contribution in [0.2, 0.25) is 0 Å². The summed E-state index contributed by atoms with van der Waals surface area (Å²) in [6, 6.07) is 16.5. The van der Waals surface area contributed by atoms with Gasteiger partial charge in [0.25, 0.3) is 11.8 Å². The summed E-state index contributed by atoms with van der Waals surface area (Å²) in [5.41, 5.74) is 2.93. The van der Waals surface area contributed by atoms with Gasteiger partial charge in [0, 0.05) is 31.4 Å². The van der Waals surface area contributed by atoms with E-state index in [9.17, 15) is 18.8 Å². The summed E-state index contributed by atoms with van der Waals surface area (Å²) >= 11 is 0. The molecule has 6 nitrogen and oxygen atoms in total. The van der Waals surface area contributed by atoms with Gasteiger partial charge in [-0.1, -0.05) is 57.2 Å². The van der Waals surface area contributed by atoms with E-state index in [2.05, 4.69) is 26.1 Å². The summed E-state index contributed by atoms with van der Waals surface area (Å²) in [6.45, 7) is 10.9. The average molecular weight is 616 g/mol. The molecule has 0 saturated carbocycles. The van der Waals surface area contributed by atoms with Crippen LogP contribution in [-0.4, -0.2) is 53.2 Å². The molecular formula is C37H43F2N3O3. The van der Waals surface area contributed by atoms with Crippen LogP contribution in [0.3, 0.4) is 0 Å². The summed E-state index contributed by atoms with van der Waals surface area (Å²) in [5, 5.41) is 3.12. The fourth-order valence-electron chi connectivity index (χ4n) is 6.97. The molecule has 2 aliphatic rings. The van der Waals surface area contributed by atoms with Crippen molar-refractivity contribution in [2.24, 2.45) is 11.8 Å². The molecule has 2 fully saturated rings. The lowest BCUT2D eigenvalue weighted by molar-refractivity contribution is -0.124. The lowest BCUT2D eigenvalue weighted by Crippen LogP contribution is -2.57. The van der Waals surface area contributed by atoms with Crippen molar-refractivity contribution in [1.29, 1.82) is 0 Å². The molecule has 0 spiro atoms. The molecule has 3 amide bonds. The number of hydrogen-bond donors (Lipinski definition) is 1. The third kappa shape index (κ3) is 6.80. The number of halogens is 2. The van der Waals surface area contributed by atoms with E-state index in [1.54, 1.807) is 47.9 Å². The van der Waals surface area contributed by atoms with E-state index < -0.39 is 29.5 Å². The third-order valence-corrected chi connectivity index (χ3v) is 9.46. The van der Waals surface area contributed by atoms with Gasteiger partial charge in [-0.2, -0.15) is 0 Å². The molecular weight excluding hydrogens is 572 g/mol. The SMILES string of the molecule is Cc1cccc(F)c1C(=O)N1CCC(C2C(C(=O)Nc3cccc(C(C)(C)C)c3)CCCN2C(=O)c2c(C)cccc2F)CC1. The zero-order chi connectivity index (χ0) is 32.5. The Kier molecular flexibility index (Phi) is 9.42. The van der Waals surface area contributed by atoms with Gasteiger partial charge in [-0.25, -0.2) is 8.78 Å². The van der Waals surface area contributed by atoms with Crippen molar-refractivity contribution in [3.8, 4) is 0 Å². The van der Waals surface area contributed by atoms with Gasteiger partial charge in [0.05, 0.1) is 17.0 Å². The molecule has 2 heterocycles. The summed E-state index contributed by atoms with van der Waals surface area (Å²) in [6.07, 6.45) is 2.27. The van der Waals surface area contributed by atoms with Crippen LogP contribution < -0.4 is 5.32 Å². The zero-order valence-electron chi connectivity index (χ0n) is 26.8. The van der Waals surface area contributed by atoms with Crippen LogP contribution in [0.1, 0.15) is 83.9 Å². The molecule has 1 N–H and O–H groups in total. The first kappa shape index (κ1) is 32.3. The van der Waals surface area contributed by atoms with Gasteiger partial charge in [-0.05, 0) is 91.8 Å². The molecule has 2 saturated heterocycles. The second kappa shape index (κ2) is 13.1. The largest absolute Gasteiger partial charge is 0.339 e. The first-order chi connectivity index (χ1) is 21.4. The van der Waals surface area contributed by atoms with Gasteiger partial charge >= 0.3 is 0 Å². The predicted molar refractivity (Wildman–Crippen MR) is 172 cm³/mol. The molecule has 2 aliphatic heterocycles. The Morgan fingerprint density at radius 1 is 0.778 bits per heavy atom. The minimum absolute atomic E-state index is 0.0316. The molecule has 2 unspecified atom stereocenters. The van der Waals surface area contributed by atoms with Crippen molar-refractivity contribution in [3.63, 3.8) is 0 Å². The number of carbonyl (C=O) groups is 3. The van der Waals surface area contributed by atoms with Gasteiger partial charge in [0.15, 0.2) is 0 Å². The monoisotopic (exact) mass is 615 g/mol. The summed E-state index contributed by atoms with van der Waals surface area (Å²) < 4.78 is 29.7. The first-order valence-corrected chi connectivity index (χ1v) is 15.9. The van der Waals surface area contributed by atoms with Crippen molar-refractivity contribution in [2.45, 2.75) is 71.8 Å². The number of piperidine rings is 2. The molecule has 8 heteroatoms. The summed E-state index contributed by atoms with van der Waals surface area (Å²) in [7, 11) is 0. The van der Waals surface area contributed by atoms with Crippen LogP contribution in [0.25, 0.3) is 0 Å². The minimum atomic E-state index is -0.579. The Morgan fingerprint density at radius 3 is 1.93 bits per heavy atom. The normalized spacial score (nSPS) is 19.4. The highest BCUT2D eigenvalue weighted by Crippen LogP contribution is 2.37. The molecule has 2 atom stereocenters. The number of anilines is 1. The van der Waals surface area contributed by atoms with Crippen molar-refractivity contribution in [2.75, 3.05) is 25.0 Å². The fraction of sp³-hybridized carbons (Fsp3) is 0.432. The van der Waals surface area contributed by atoms with E-state index >= 15 is 4.39 Å². The van der Waals surface area contributed by atoms with Crippen LogP contribution in [0, 0.1) is 37.3 Å². The maximum atomic E-state index is 15.1. The minimum Gasteiger partial charge on any atom is -0.339 e. The Labute approximate surface area is 264 Å². The van der Waals surface area contributed by atoms with E-state index in [-0.39, 0.29) is 34.3 Å². The first-order valence-electron chi connectivity index (χ1n) is 15.9. The quantitative estimate of drug-likeness (QED) is 0.328. The standard InChI is InChI=1S/C37H43F2N3O3/c1-23-10-6-15-29(38)31(23)35(44)41-20-17-25(18-21-41)33-28(34(43)40-27-13-8-12-26(22-27)37(3,4)5)14-9-19-42(33)36(45)32-24(2)11-7-16-30(32)39/h6-8,10-13,15-16,22,25,28,33H,9,14,17-21H2,1-5H3,(H,40,43). The number of rotatable bonds is 5. The number of amides is 3. The van der Waals surface area contributed by atoms with Gasteiger partial charge in [0.2, 0.25) is 5.91 Å². The van der Waals surface area contributed by atoms with E-state index in [4.69, 9.17) is 0 Å². The highest BCUT2D eigenvalue weighted by molar-refractivity contribution is 5.98. The second-order valence-electron chi connectivity index (χ2n) is 13.6. The lowest BCUT2D eigenvalue weighted by atomic mass is 9.76. The molecule has 45 heavy (non-hydrogen) atoms. The lowest BCUT2D eigenvalue weighted by Gasteiger charge is -2.47. The van der Waals surface area contributed by atoms with Crippen molar-refractivity contribution < 1.29 is 23.2 Å². The van der Waals surface area contributed by atoms with E-state index in [0.29, 0.717) is 62.1 Å². The summed E-state index contributed by atoms with van der Waals surface area (Å²) in [5.74, 6) is -2.69. The van der Waals surface area contributed by atoms with Gasteiger partial charge in [-0.15, -0.1) is 0 Å². The zero-order valence-corrected chi connectivity index (χ0v) is 26.8. The molecule has 3 aromatic carbocycles. The fourth-order valence-corrected chi connectivity index (χ4v) is 6.97. The topological polar surface area (TPSA) is 69.7 Å². The maximum absolute atomic E-state index is 15.1. The molecule has 0 radical (unpaired) electrons. The molecule has 238 valence electrons. The van der Waals surface area contributed by atoms with E-state index in [1.807, 2.05) is 24.3 Å². The van der Waals surface area contributed by atoms with Crippen LogP contribution in [0.4, 0.5) is 14.5 Å². The second-order valence-corrected chi connectivity index (χ2v) is 13.6. The molecule has 3 aromatic rings. The Morgan fingerprint density at radius 2 is 1.36 bits per heavy atom. The van der Waals surface area contributed by atoms with Gasteiger partial charge < -0.3 is 15.1 Å². The highest BCUT2D eigenvalue weighted by Gasteiger charge is 2.45.